The van der Waals surface area contributed by atoms with Gasteiger partial charge in [0, 0.05) is 13.1 Å². The molecular weight excluding hydrogens is 268 g/mol. The highest BCUT2D eigenvalue weighted by atomic mass is 16.3. The van der Waals surface area contributed by atoms with E-state index in [-0.39, 0.29) is 23.0 Å². The number of piperidine rings is 1. The molecule has 0 aromatic heterocycles. The van der Waals surface area contributed by atoms with E-state index in [4.69, 9.17) is 0 Å². The number of phenolic OH excluding ortho intramolecular Hbond substituents is 2. The molecule has 0 atom stereocenters. The molecule has 1 aliphatic rings. The minimum Gasteiger partial charge on any atom is -0.508 e. The molecule has 1 aromatic rings. The number of rotatable bonds is 5. The number of benzene rings is 1. The number of aromatic hydroxyl groups is 2. The number of carbonyl (C=O) groups excluding carboxylic acids is 1. The van der Waals surface area contributed by atoms with Gasteiger partial charge in [-0.25, -0.2) is 0 Å². The van der Waals surface area contributed by atoms with Crippen LogP contribution in [0.2, 0.25) is 0 Å². The van der Waals surface area contributed by atoms with Gasteiger partial charge >= 0.3 is 0 Å². The van der Waals surface area contributed by atoms with Gasteiger partial charge in [-0.1, -0.05) is 6.92 Å². The predicted octanol–water partition coefficient (Wildman–Crippen LogP) is 1.95. The first-order valence-electron chi connectivity index (χ1n) is 7.63. The van der Waals surface area contributed by atoms with Crippen molar-refractivity contribution >= 4 is 5.91 Å². The lowest BCUT2D eigenvalue weighted by Crippen LogP contribution is -2.39. The number of hydrogen-bond acceptors (Lipinski definition) is 4. The van der Waals surface area contributed by atoms with Gasteiger partial charge in [-0.15, -0.1) is 0 Å². The molecule has 5 nitrogen and oxygen atoms in total. The molecule has 2 rings (SSSR count). The van der Waals surface area contributed by atoms with Gasteiger partial charge in [-0.05, 0) is 56.5 Å². The Morgan fingerprint density at radius 2 is 2.05 bits per heavy atom. The minimum absolute atomic E-state index is 0.00513. The topological polar surface area (TPSA) is 72.8 Å². The van der Waals surface area contributed by atoms with E-state index in [9.17, 15) is 15.0 Å². The number of phenols is 2. The largest absolute Gasteiger partial charge is 0.508 e. The highest BCUT2D eigenvalue weighted by molar-refractivity contribution is 5.97. The van der Waals surface area contributed by atoms with E-state index >= 15 is 0 Å². The van der Waals surface area contributed by atoms with Crippen molar-refractivity contribution in [2.75, 3.05) is 26.2 Å². The van der Waals surface area contributed by atoms with Crippen molar-refractivity contribution in [3.8, 4) is 11.5 Å². The van der Waals surface area contributed by atoms with E-state index in [1.165, 1.54) is 18.2 Å². The van der Waals surface area contributed by atoms with Crippen LogP contribution in [0.1, 0.15) is 36.5 Å². The number of carbonyl (C=O) groups is 1. The Hall–Kier alpha value is -1.75. The van der Waals surface area contributed by atoms with Crippen LogP contribution in [0.25, 0.3) is 0 Å². The maximum absolute atomic E-state index is 12.6. The SMILES string of the molecule is CCCN(CC1CCNCC1)C(=O)c1cc(O)ccc1O. The molecule has 0 radical (unpaired) electrons. The zero-order chi connectivity index (χ0) is 15.2. The quantitative estimate of drug-likeness (QED) is 0.725. The summed E-state index contributed by atoms with van der Waals surface area (Å²) in [4.78, 5) is 14.4. The summed E-state index contributed by atoms with van der Waals surface area (Å²) in [6, 6.07) is 4.07. The van der Waals surface area contributed by atoms with Crippen molar-refractivity contribution in [3.05, 3.63) is 23.8 Å². The van der Waals surface area contributed by atoms with Crippen molar-refractivity contribution in [3.63, 3.8) is 0 Å². The van der Waals surface area contributed by atoms with Crippen molar-refractivity contribution in [2.45, 2.75) is 26.2 Å². The third-order valence-electron chi connectivity index (χ3n) is 3.93. The zero-order valence-electron chi connectivity index (χ0n) is 12.5. The summed E-state index contributed by atoms with van der Waals surface area (Å²) in [6.07, 6.45) is 3.01. The van der Waals surface area contributed by atoms with E-state index in [1.54, 1.807) is 4.90 Å². The molecule has 0 saturated carbocycles. The van der Waals surface area contributed by atoms with Gasteiger partial charge in [0.05, 0.1) is 5.56 Å². The van der Waals surface area contributed by atoms with E-state index < -0.39 is 0 Å². The number of amides is 1. The molecule has 1 fully saturated rings. The van der Waals surface area contributed by atoms with E-state index in [0.717, 1.165) is 32.4 Å². The van der Waals surface area contributed by atoms with Crippen LogP contribution in [0.4, 0.5) is 0 Å². The van der Waals surface area contributed by atoms with Crippen LogP contribution in [-0.2, 0) is 0 Å². The van der Waals surface area contributed by atoms with Gasteiger partial charge < -0.3 is 20.4 Å². The minimum atomic E-state index is -0.205. The second kappa shape index (κ2) is 7.31. The van der Waals surface area contributed by atoms with Gasteiger partial charge in [0.1, 0.15) is 11.5 Å². The standard InChI is InChI=1S/C16H24N2O3/c1-2-9-18(11-12-5-7-17-8-6-12)16(21)14-10-13(19)3-4-15(14)20/h3-4,10,12,17,19-20H,2,5-9,11H2,1H3. The van der Waals surface area contributed by atoms with Gasteiger partial charge in [0.25, 0.3) is 5.91 Å². The van der Waals surface area contributed by atoms with Crippen LogP contribution in [0.5, 0.6) is 11.5 Å². The zero-order valence-corrected chi connectivity index (χ0v) is 12.5. The van der Waals surface area contributed by atoms with Gasteiger partial charge in [0.15, 0.2) is 0 Å². The number of hydrogen-bond donors (Lipinski definition) is 3. The van der Waals surface area contributed by atoms with Crippen LogP contribution < -0.4 is 5.32 Å². The molecule has 5 heteroatoms. The van der Waals surface area contributed by atoms with Crippen LogP contribution >= 0.6 is 0 Å². The van der Waals surface area contributed by atoms with E-state index in [0.29, 0.717) is 19.0 Å². The van der Waals surface area contributed by atoms with E-state index in [1.807, 2.05) is 6.92 Å². The molecule has 0 bridgehead atoms. The van der Waals surface area contributed by atoms with Crippen LogP contribution in [-0.4, -0.2) is 47.2 Å². The molecule has 0 unspecified atom stereocenters. The predicted molar refractivity (Wildman–Crippen MR) is 81.6 cm³/mol. The Bertz CT molecular complexity index is 484. The maximum atomic E-state index is 12.6. The third-order valence-corrected chi connectivity index (χ3v) is 3.93. The molecule has 116 valence electrons. The maximum Gasteiger partial charge on any atom is 0.257 e. The molecule has 1 aliphatic heterocycles. The third kappa shape index (κ3) is 4.11. The van der Waals surface area contributed by atoms with Crippen molar-refractivity contribution in [1.82, 2.24) is 10.2 Å². The number of nitrogens with one attached hydrogen (secondary N) is 1. The monoisotopic (exact) mass is 292 g/mol. The average Bonchev–Trinajstić information content (AvgIpc) is 2.49. The lowest BCUT2D eigenvalue weighted by Gasteiger charge is -2.30. The Morgan fingerprint density at radius 3 is 2.71 bits per heavy atom. The molecule has 0 aliphatic carbocycles. The molecule has 21 heavy (non-hydrogen) atoms. The average molecular weight is 292 g/mol. The Kier molecular flexibility index (Phi) is 5.44. The first-order chi connectivity index (χ1) is 10.1. The van der Waals surface area contributed by atoms with E-state index in [2.05, 4.69) is 5.32 Å². The lowest BCUT2D eigenvalue weighted by molar-refractivity contribution is 0.0713. The Morgan fingerprint density at radius 1 is 1.33 bits per heavy atom. The van der Waals surface area contributed by atoms with Crippen molar-refractivity contribution in [2.24, 2.45) is 5.92 Å². The fraction of sp³-hybridized carbons (Fsp3) is 0.562. The van der Waals surface area contributed by atoms with Crippen molar-refractivity contribution in [1.29, 1.82) is 0 Å². The fourth-order valence-electron chi connectivity index (χ4n) is 2.79. The number of nitrogens with zero attached hydrogens (tertiary/aromatic N) is 1. The molecule has 0 spiro atoms. The van der Waals surface area contributed by atoms with Gasteiger partial charge in [-0.2, -0.15) is 0 Å². The summed E-state index contributed by atoms with van der Waals surface area (Å²) in [5.74, 6) is 0.212. The summed E-state index contributed by atoms with van der Waals surface area (Å²) in [5, 5.41) is 22.7. The summed E-state index contributed by atoms with van der Waals surface area (Å²) < 4.78 is 0. The summed E-state index contributed by atoms with van der Waals surface area (Å²) in [6.45, 7) is 5.40. The smallest absolute Gasteiger partial charge is 0.257 e. The van der Waals surface area contributed by atoms with Crippen LogP contribution in [0, 0.1) is 5.92 Å². The molecule has 1 heterocycles. The molecule has 3 N–H and O–H groups in total. The van der Waals surface area contributed by atoms with Gasteiger partial charge in [-0.3, -0.25) is 4.79 Å². The second-order valence-corrected chi connectivity index (χ2v) is 5.65. The first kappa shape index (κ1) is 15.6. The fourth-order valence-corrected chi connectivity index (χ4v) is 2.79. The molecule has 1 saturated heterocycles. The summed E-state index contributed by atoms with van der Waals surface area (Å²) >= 11 is 0. The lowest BCUT2D eigenvalue weighted by atomic mass is 9.97. The first-order valence-corrected chi connectivity index (χ1v) is 7.63. The highest BCUT2D eigenvalue weighted by Gasteiger charge is 2.23. The van der Waals surface area contributed by atoms with Gasteiger partial charge in [0.2, 0.25) is 0 Å². The van der Waals surface area contributed by atoms with Crippen LogP contribution in [0.3, 0.4) is 0 Å². The summed E-state index contributed by atoms with van der Waals surface area (Å²) in [7, 11) is 0. The summed E-state index contributed by atoms with van der Waals surface area (Å²) in [5.41, 5.74) is 0.178. The Balaban J connectivity index is 2.12. The normalized spacial score (nSPS) is 15.9. The van der Waals surface area contributed by atoms with Crippen LogP contribution in [0.15, 0.2) is 18.2 Å². The molecule has 1 amide bonds. The van der Waals surface area contributed by atoms with Crippen molar-refractivity contribution < 1.29 is 15.0 Å². The Labute approximate surface area is 125 Å². The second-order valence-electron chi connectivity index (χ2n) is 5.65. The molecule has 1 aromatic carbocycles. The highest BCUT2D eigenvalue weighted by Crippen LogP contribution is 2.24. The molecular formula is C16H24N2O3.